The molecule has 0 bridgehead atoms. The summed E-state index contributed by atoms with van der Waals surface area (Å²) in [7, 11) is 0. The van der Waals surface area contributed by atoms with Crippen molar-refractivity contribution >= 4 is 11.4 Å². The first kappa shape index (κ1) is 7.25. The van der Waals surface area contributed by atoms with Gasteiger partial charge in [-0.2, -0.15) is 0 Å². The Morgan fingerprint density at radius 2 is 2.00 bits per heavy atom. The zero-order chi connectivity index (χ0) is 8.89. The Balaban J connectivity index is 1.78. The first-order valence-electron chi connectivity index (χ1n) is 4.88. The minimum Gasteiger partial charge on any atom is -0.399 e. The first-order chi connectivity index (χ1) is 6.27. The third-order valence-corrected chi connectivity index (χ3v) is 3.25. The molecule has 0 atom stereocenters. The van der Waals surface area contributed by atoms with Crippen LogP contribution in [-0.2, 0) is 0 Å². The number of hydrogen-bond acceptors (Lipinski definition) is 2. The Kier molecular flexibility index (Phi) is 1.22. The smallest absolute Gasteiger partial charge is 0.0387 e. The predicted octanol–water partition coefficient (Wildman–Crippen LogP) is 1.87. The molecule has 2 aliphatic rings. The monoisotopic (exact) mass is 174 g/mol. The maximum atomic E-state index is 5.73. The highest BCUT2D eigenvalue weighted by atomic mass is 15.2. The summed E-state index contributed by atoms with van der Waals surface area (Å²) >= 11 is 0. The lowest BCUT2D eigenvalue weighted by Crippen LogP contribution is -2.48. The van der Waals surface area contributed by atoms with Crippen molar-refractivity contribution in [2.75, 3.05) is 23.7 Å². The number of hydrogen-bond donors (Lipinski definition) is 1. The van der Waals surface area contributed by atoms with E-state index in [2.05, 4.69) is 17.0 Å². The largest absolute Gasteiger partial charge is 0.399 e. The van der Waals surface area contributed by atoms with E-state index in [9.17, 15) is 0 Å². The summed E-state index contributed by atoms with van der Waals surface area (Å²) in [6.45, 7) is 2.49. The van der Waals surface area contributed by atoms with Gasteiger partial charge in [-0.3, -0.25) is 0 Å². The lowest BCUT2D eigenvalue weighted by Gasteiger charge is -2.42. The molecule has 1 aliphatic heterocycles. The van der Waals surface area contributed by atoms with Crippen LogP contribution in [0.1, 0.15) is 12.8 Å². The summed E-state index contributed by atoms with van der Waals surface area (Å²) in [4.78, 5) is 2.42. The summed E-state index contributed by atoms with van der Waals surface area (Å²) in [6.07, 6.45) is 2.87. The van der Waals surface area contributed by atoms with Gasteiger partial charge in [0, 0.05) is 29.9 Å². The highest BCUT2D eigenvalue weighted by molar-refractivity contribution is 5.58. The Morgan fingerprint density at radius 1 is 1.23 bits per heavy atom. The van der Waals surface area contributed by atoms with Crippen molar-refractivity contribution in [1.29, 1.82) is 0 Å². The van der Waals surface area contributed by atoms with E-state index in [0.717, 1.165) is 11.1 Å². The molecule has 1 aliphatic carbocycles. The van der Waals surface area contributed by atoms with E-state index in [1.165, 1.54) is 31.6 Å². The average molecular weight is 174 g/mol. The summed E-state index contributed by atoms with van der Waals surface area (Å²) in [5.41, 5.74) is 8.62. The molecular weight excluding hydrogens is 160 g/mol. The molecule has 1 aromatic carbocycles. The van der Waals surface area contributed by atoms with Gasteiger partial charge in [0.15, 0.2) is 0 Å². The van der Waals surface area contributed by atoms with Crippen LogP contribution in [0.25, 0.3) is 0 Å². The molecule has 2 N–H and O–H groups in total. The molecule has 0 amide bonds. The van der Waals surface area contributed by atoms with Crippen molar-refractivity contribution in [3.05, 3.63) is 24.3 Å². The van der Waals surface area contributed by atoms with E-state index in [1.807, 2.05) is 12.1 Å². The zero-order valence-corrected chi connectivity index (χ0v) is 7.66. The number of nitrogens with two attached hydrogens (primary N) is 1. The van der Waals surface area contributed by atoms with Crippen LogP contribution in [0.3, 0.4) is 0 Å². The third kappa shape index (κ3) is 1.09. The quantitative estimate of drug-likeness (QED) is 0.658. The fourth-order valence-electron chi connectivity index (χ4n) is 2.16. The van der Waals surface area contributed by atoms with Gasteiger partial charge in [-0.05, 0) is 31.0 Å². The van der Waals surface area contributed by atoms with Crippen molar-refractivity contribution in [2.45, 2.75) is 12.8 Å². The van der Waals surface area contributed by atoms with Crippen molar-refractivity contribution in [2.24, 2.45) is 5.41 Å². The van der Waals surface area contributed by atoms with Crippen LogP contribution >= 0.6 is 0 Å². The van der Waals surface area contributed by atoms with Crippen molar-refractivity contribution in [3.8, 4) is 0 Å². The predicted molar refractivity (Wildman–Crippen MR) is 54.7 cm³/mol. The molecule has 0 radical (unpaired) electrons. The van der Waals surface area contributed by atoms with Crippen LogP contribution in [0.15, 0.2) is 24.3 Å². The lowest BCUT2D eigenvalue weighted by atomic mass is 9.96. The number of nitrogen functional groups attached to an aromatic ring is 1. The van der Waals surface area contributed by atoms with Crippen molar-refractivity contribution in [3.63, 3.8) is 0 Å². The standard InChI is InChI=1S/C11H14N2/c12-9-2-1-3-10(6-9)13-7-11(8-13)4-5-11/h1-3,6H,4-5,7-8,12H2. The molecule has 2 fully saturated rings. The average Bonchev–Trinajstić information content (AvgIpc) is 2.80. The Morgan fingerprint density at radius 3 is 2.62 bits per heavy atom. The molecule has 0 unspecified atom stereocenters. The van der Waals surface area contributed by atoms with Crippen LogP contribution in [0.4, 0.5) is 11.4 Å². The summed E-state index contributed by atoms with van der Waals surface area (Å²) in [5, 5.41) is 0. The van der Waals surface area contributed by atoms with E-state index in [0.29, 0.717) is 0 Å². The molecule has 2 heteroatoms. The van der Waals surface area contributed by atoms with E-state index >= 15 is 0 Å². The number of benzene rings is 1. The van der Waals surface area contributed by atoms with Gasteiger partial charge < -0.3 is 10.6 Å². The second-order valence-corrected chi connectivity index (χ2v) is 4.45. The lowest BCUT2D eigenvalue weighted by molar-refractivity contribution is 0.387. The number of nitrogens with zero attached hydrogens (tertiary/aromatic N) is 1. The molecular formula is C11H14N2. The molecule has 13 heavy (non-hydrogen) atoms. The normalized spacial score (nSPS) is 22.9. The fourth-order valence-corrected chi connectivity index (χ4v) is 2.16. The Bertz CT molecular complexity index is 334. The van der Waals surface area contributed by atoms with Crippen LogP contribution in [0.5, 0.6) is 0 Å². The maximum Gasteiger partial charge on any atom is 0.0387 e. The van der Waals surface area contributed by atoms with Crippen molar-refractivity contribution in [1.82, 2.24) is 0 Å². The number of anilines is 2. The van der Waals surface area contributed by atoms with E-state index in [-0.39, 0.29) is 0 Å². The topological polar surface area (TPSA) is 29.3 Å². The van der Waals surface area contributed by atoms with Crippen molar-refractivity contribution < 1.29 is 0 Å². The molecule has 68 valence electrons. The molecule has 1 saturated carbocycles. The third-order valence-electron chi connectivity index (χ3n) is 3.25. The van der Waals surface area contributed by atoms with Crippen LogP contribution < -0.4 is 10.6 Å². The van der Waals surface area contributed by atoms with Gasteiger partial charge in [-0.1, -0.05) is 6.07 Å². The highest BCUT2D eigenvalue weighted by Gasteiger charge is 2.52. The second kappa shape index (κ2) is 2.19. The Hall–Kier alpha value is -1.18. The molecule has 1 spiro atoms. The van der Waals surface area contributed by atoms with Gasteiger partial charge in [0.2, 0.25) is 0 Å². The first-order valence-corrected chi connectivity index (χ1v) is 4.88. The molecule has 0 aromatic heterocycles. The van der Waals surface area contributed by atoms with Gasteiger partial charge >= 0.3 is 0 Å². The minimum atomic E-state index is 0.727. The van der Waals surface area contributed by atoms with E-state index in [4.69, 9.17) is 5.73 Å². The minimum absolute atomic E-state index is 0.727. The SMILES string of the molecule is Nc1cccc(N2CC3(CC3)C2)c1. The zero-order valence-electron chi connectivity index (χ0n) is 7.66. The van der Waals surface area contributed by atoms with Gasteiger partial charge in [0.25, 0.3) is 0 Å². The highest BCUT2D eigenvalue weighted by Crippen LogP contribution is 2.53. The van der Waals surface area contributed by atoms with Gasteiger partial charge in [-0.25, -0.2) is 0 Å². The summed E-state index contributed by atoms with van der Waals surface area (Å²) in [5.74, 6) is 0. The number of rotatable bonds is 1. The van der Waals surface area contributed by atoms with Gasteiger partial charge in [0.05, 0.1) is 0 Å². The van der Waals surface area contributed by atoms with Gasteiger partial charge in [-0.15, -0.1) is 0 Å². The van der Waals surface area contributed by atoms with Crippen LogP contribution in [-0.4, -0.2) is 13.1 Å². The molecule has 2 nitrogen and oxygen atoms in total. The van der Waals surface area contributed by atoms with Gasteiger partial charge in [0.1, 0.15) is 0 Å². The molecule has 3 rings (SSSR count). The summed E-state index contributed by atoms with van der Waals surface area (Å²) in [6, 6.07) is 8.18. The van der Waals surface area contributed by atoms with E-state index in [1.54, 1.807) is 0 Å². The second-order valence-electron chi connectivity index (χ2n) is 4.45. The maximum absolute atomic E-state index is 5.73. The van der Waals surface area contributed by atoms with E-state index < -0.39 is 0 Å². The molecule has 1 aromatic rings. The molecule has 1 heterocycles. The fraction of sp³-hybridized carbons (Fsp3) is 0.455. The Labute approximate surface area is 78.3 Å². The summed E-state index contributed by atoms with van der Waals surface area (Å²) < 4.78 is 0. The van der Waals surface area contributed by atoms with Crippen LogP contribution in [0.2, 0.25) is 0 Å². The van der Waals surface area contributed by atoms with Crippen LogP contribution in [0, 0.1) is 5.41 Å². The molecule has 1 saturated heterocycles.